The number of ether oxygens (including phenoxy) is 1. The van der Waals surface area contributed by atoms with E-state index in [1.165, 1.54) is 0 Å². The minimum atomic E-state index is 0. The molecule has 0 heterocycles. The fourth-order valence-electron chi connectivity index (χ4n) is 1.80. The highest BCUT2D eigenvalue weighted by atomic mass is 127. The second-order valence-corrected chi connectivity index (χ2v) is 6.07. The van der Waals surface area contributed by atoms with E-state index in [4.69, 9.17) is 4.74 Å². The number of aliphatic imine (C=N–C) groups is 1. The van der Waals surface area contributed by atoms with Crippen molar-refractivity contribution in [1.29, 1.82) is 0 Å². The van der Waals surface area contributed by atoms with Gasteiger partial charge >= 0.3 is 0 Å². The highest BCUT2D eigenvalue weighted by Gasteiger charge is 2.24. The van der Waals surface area contributed by atoms with Crippen molar-refractivity contribution in [1.82, 2.24) is 16.0 Å². The van der Waals surface area contributed by atoms with Crippen LogP contribution in [0.15, 0.2) is 4.99 Å². The molecule has 0 aliphatic carbocycles. The Morgan fingerprint density at radius 2 is 1.82 bits per heavy atom. The molecule has 0 aliphatic rings. The standard InChI is InChI=1S/C15H32N4O2.HI/c1-7-9-17-13(20)8-10-18-14(16-5)19-11-12(21-6)15(2,3)4;/h12H,7-11H2,1-6H3,(H,17,20)(H2,16,18,19);1H. The maximum atomic E-state index is 11.5. The number of methoxy groups -OCH3 is 1. The van der Waals surface area contributed by atoms with Gasteiger partial charge in [-0.05, 0) is 11.8 Å². The lowest BCUT2D eigenvalue weighted by Gasteiger charge is -2.30. The Balaban J connectivity index is 0. The third-order valence-electron chi connectivity index (χ3n) is 3.15. The molecule has 3 N–H and O–H groups in total. The van der Waals surface area contributed by atoms with Gasteiger partial charge in [0.05, 0.1) is 6.10 Å². The Morgan fingerprint density at radius 1 is 1.18 bits per heavy atom. The van der Waals surface area contributed by atoms with Gasteiger partial charge in [0.2, 0.25) is 5.91 Å². The van der Waals surface area contributed by atoms with E-state index < -0.39 is 0 Å². The minimum absolute atomic E-state index is 0. The van der Waals surface area contributed by atoms with Crippen LogP contribution in [0.25, 0.3) is 0 Å². The van der Waals surface area contributed by atoms with Crippen LogP contribution >= 0.6 is 24.0 Å². The van der Waals surface area contributed by atoms with E-state index in [0.717, 1.165) is 13.0 Å². The van der Waals surface area contributed by atoms with Crippen molar-refractivity contribution < 1.29 is 9.53 Å². The second-order valence-electron chi connectivity index (χ2n) is 6.07. The SMILES string of the molecule is CCCNC(=O)CCNC(=NC)NCC(OC)C(C)(C)C.I. The Kier molecular flexibility index (Phi) is 13.9. The molecule has 22 heavy (non-hydrogen) atoms. The number of amides is 1. The molecule has 1 unspecified atom stereocenters. The topological polar surface area (TPSA) is 74.8 Å². The molecular weight excluding hydrogens is 395 g/mol. The minimum Gasteiger partial charge on any atom is -0.379 e. The second kappa shape index (κ2) is 12.9. The summed E-state index contributed by atoms with van der Waals surface area (Å²) >= 11 is 0. The van der Waals surface area contributed by atoms with Gasteiger partial charge < -0.3 is 20.7 Å². The zero-order valence-corrected chi connectivity index (χ0v) is 17.1. The molecule has 0 aromatic carbocycles. The first kappa shape index (κ1) is 23.7. The van der Waals surface area contributed by atoms with Crippen molar-refractivity contribution in [2.75, 3.05) is 33.8 Å². The fraction of sp³-hybridized carbons (Fsp3) is 0.867. The highest BCUT2D eigenvalue weighted by molar-refractivity contribution is 14.0. The molecular formula is C15H33IN4O2. The van der Waals surface area contributed by atoms with E-state index in [0.29, 0.717) is 25.5 Å². The normalized spacial score (nSPS) is 13.1. The molecule has 0 spiro atoms. The van der Waals surface area contributed by atoms with Crippen LogP contribution in [0.4, 0.5) is 0 Å². The van der Waals surface area contributed by atoms with Gasteiger partial charge in [-0.15, -0.1) is 24.0 Å². The van der Waals surface area contributed by atoms with Crippen LogP contribution < -0.4 is 16.0 Å². The zero-order chi connectivity index (χ0) is 16.3. The molecule has 0 aliphatic heterocycles. The average Bonchev–Trinajstić information content (AvgIpc) is 2.42. The van der Waals surface area contributed by atoms with E-state index >= 15 is 0 Å². The number of carbonyl (C=O) groups is 1. The van der Waals surface area contributed by atoms with Gasteiger partial charge in [0, 0.05) is 40.2 Å². The molecule has 0 radical (unpaired) electrons. The molecule has 0 bridgehead atoms. The summed E-state index contributed by atoms with van der Waals surface area (Å²) in [6, 6.07) is 0. The summed E-state index contributed by atoms with van der Waals surface area (Å²) in [7, 11) is 3.43. The fourth-order valence-corrected chi connectivity index (χ4v) is 1.80. The first-order valence-electron chi connectivity index (χ1n) is 7.59. The Hall–Kier alpha value is -0.570. The van der Waals surface area contributed by atoms with E-state index in [1.807, 2.05) is 6.92 Å². The molecule has 0 aromatic rings. The highest BCUT2D eigenvalue weighted by Crippen LogP contribution is 2.20. The first-order valence-corrected chi connectivity index (χ1v) is 7.59. The van der Waals surface area contributed by atoms with Crippen molar-refractivity contribution in [2.45, 2.75) is 46.6 Å². The summed E-state index contributed by atoms with van der Waals surface area (Å²) in [5, 5.41) is 9.20. The van der Waals surface area contributed by atoms with E-state index in [-0.39, 0.29) is 41.4 Å². The monoisotopic (exact) mass is 428 g/mol. The molecule has 0 saturated carbocycles. The van der Waals surface area contributed by atoms with Crippen molar-refractivity contribution in [3.8, 4) is 0 Å². The summed E-state index contributed by atoms with van der Waals surface area (Å²) in [6.45, 7) is 10.4. The average molecular weight is 428 g/mol. The van der Waals surface area contributed by atoms with Crippen LogP contribution in [-0.2, 0) is 9.53 Å². The molecule has 1 atom stereocenters. The van der Waals surface area contributed by atoms with Crippen LogP contribution in [0.5, 0.6) is 0 Å². The van der Waals surface area contributed by atoms with Crippen LogP contribution in [0, 0.1) is 5.41 Å². The van der Waals surface area contributed by atoms with E-state index in [9.17, 15) is 4.79 Å². The number of hydrogen-bond acceptors (Lipinski definition) is 3. The first-order chi connectivity index (χ1) is 9.85. The van der Waals surface area contributed by atoms with Gasteiger partial charge in [0.25, 0.3) is 0 Å². The molecule has 1 amide bonds. The number of rotatable bonds is 8. The molecule has 0 saturated heterocycles. The predicted molar refractivity (Wildman–Crippen MR) is 103 cm³/mol. The lowest BCUT2D eigenvalue weighted by Crippen LogP contribution is -2.45. The number of nitrogens with zero attached hydrogens (tertiary/aromatic N) is 1. The lowest BCUT2D eigenvalue weighted by molar-refractivity contribution is -0.120. The summed E-state index contributed by atoms with van der Waals surface area (Å²) < 4.78 is 5.49. The quantitative estimate of drug-likeness (QED) is 0.313. The van der Waals surface area contributed by atoms with Gasteiger partial charge in [-0.25, -0.2) is 0 Å². The van der Waals surface area contributed by atoms with Crippen LogP contribution in [-0.4, -0.2) is 51.8 Å². The summed E-state index contributed by atoms with van der Waals surface area (Å²) in [4.78, 5) is 15.6. The van der Waals surface area contributed by atoms with Gasteiger partial charge in [0.15, 0.2) is 5.96 Å². The predicted octanol–water partition coefficient (Wildman–Crippen LogP) is 1.75. The van der Waals surface area contributed by atoms with Crippen molar-refractivity contribution >= 4 is 35.8 Å². The molecule has 6 nitrogen and oxygen atoms in total. The molecule has 132 valence electrons. The molecule has 0 rings (SSSR count). The van der Waals surface area contributed by atoms with Gasteiger partial charge in [0.1, 0.15) is 0 Å². The maximum Gasteiger partial charge on any atom is 0.221 e. The number of carbonyl (C=O) groups excluding carboxylic acids is 1. The maximum absolute atomic E-state index is 11.5. The molecule has 0 aromatic heterocycles. The number of hydrogen-bond donors (Lipinski definition) is 3. The number of halogens is 1. The summed E-state index contributed by atoms with van der Waals surface area (Å²) in [5.74, 6) is 0.744. The van der Waals surface area contributed by atoms with Crippen LogP contribution in [0.1, 0.15) is 40.5 Å². The lowest BCUT2D eigenvalue weighted by atomic mass is 9.89. The molecule has 0 fully saturated rings. The van der Waals surface area contributed by atoms with E-state index in [2.05, 4.69) is 41.7 Å². The van der Waals surface area contributed by atoms with Crippen LogP contribution in [0.3, 0.4) is 0 Å². The van der Waals surface area contributed by atoms with Gasteiger partial charge in [-0.1, -0.05) is 27.7 Å². The number of nitrogens with one attached hydrogen (secondary N) is 3. The summed E-state index contributed by atoms with van der Waals surface area (Å²) in [6.07, 6.45) is 1.48. The van der Waals surface area contributed by atoms with E-state index in [1.54, 1.807) is 14.2 Å². The zero-order valence-electron chi connectivity index (χ0n) is 14.8. The van der Waals surface area contributed by atoms with Crippen molar-refractivity contribution in [3.05, 3.63) is 0 Å². The number of guanidine groups is 1. The third-order valence-corrected chi connectivity index (χ3v) is 3.15. The van der Waals surface area contributed by atoms with Gasteiger partial charge in [-0.3, -0.25) is 9.79 Å². The van der Waals surface area contributed by atoms with Crippen molar-refractivity contribution in [3.63, 3.8) is 0 Å². The smallest absolute Gasteiger partial charge is 0.221 e. The van der Waals surface area contributed by atoms with Gasteiger partial charge in [-0.2, -0.15) is 0 Å². The van der Waals surface area contributed by atoms with Crippen LogP contribution in [0.2, 0.25) is 0 Å². The third kappa shape index (κ3) is 11.1. The largest absolute Gasteiger partial charge is 0.379 e. The Morgan fingerprint density at radius 3 is 2.27 bits per heavy atom. The Labute approximate surface area is 152 Å². The molecule has 7 heteroatoms. The van der Waals surface area contributed by atoms with Crippen molar-refractivity contribution in [2.24, 2.45) is 10.4 Å². The Bertz CT molecular complexity index is 330. The summed E-state index contributed by atoms with van der Waals surface area (Å²) in [5.41, 5.74) is 0.0562.